The molecule has 2 rings (SSSR count). The molecule has 4 nitrogen and oxygen atoms in total. The molecule has 0 aliphatic carbocycles. The number of likely N-dealkylation sites (tertiary alicyclic amines) is 1. The lowest BCUT2D eigenvalue weighted by molar-refractivity contribution is 0.0997. The zero-order chi connectivity index (χ0) is 15.4. The van der Waals surface area contributed by atoms with E-state index >= 15 is 0 Å². The fourth-order valence-electron chi connectivity index (χ4n) is 3.28. The van der Waals surface area contributed by atoms with Crippen LogP contribution in [-0.2, 0) is 0 Å². The Morgan fingerprint density at radius 2 is 2.05 bits per heavy atom. The summed E-state index contributed by atoms with van der Waals surface area (Å²) in [6.07, 6.45) is 2.10. The molecule has 4 heteroatoms. The summed E-state index contributed by atoms with van der Waals surface area (Å²) in [5, 5.41) is 0. The quantitative estimate of drug-likeness (QED) is 0.907. The Kier molecular flexibility index (Phi) is 5.23. The van der Waals surface area contributed by atoms with Crippen LogP contribution in [0.15, 0.2) is 18.2 Å². The van der Waals surface area contributed by atoms with Gasteiger partial charge >= 0.3 is 0 Å². The highest BCUT2D eigenvalue weighted by atomic mass is 16.5. The Hall–Kier alpha value is -1.55. The van der Waals surface area contributed by atoms with E-state index < -0.39 is 0 Å². The first-order valence-corrected chi connectivity index (χ1v) is 7.72. The van der Waals surface area contributed by atoms with E-state index in [4.69, 9.17) is 10.5 Å². The summed E-state index contributed by atoms with van der Waals surface area (Å²) in [6.45, 7) is 7.77. The molecule has 0 bridgehead atoms. The van der Waals surface area contributed by atoms with Gasteiger partial charge in [0.05, 0.1) is 7.11 Å². The van der Waals surface area contributed by atoms with Crippen molar-refractivity contribution in [2.24, 2.45) is 11.7 Å². The van der Waals surface area contributed by atoms with Gasteiger partial charge in [-0.25, -0.2) is 0 Å². The fraction of sp³-hybridized carbons (Fsp3) is 0.588. The Morgan fingerprint density at radius 1 is 1.38 bits per heavy atom. The number of hydrogen-bond acceptors (Lipinski definition) is 3. The standard InChI is InChI=1S/C17H26N2O2/c1-12(2)11-19-9-7-13(8-10-19)16-14(17(18)20)5-4-6-15(16)21-3/h4-6,12-13H,7-11H2,1-3H3,(H2,18,20). The maximum Gasteiger partial charge on any atom is 0.249 e. The lowest BCUT2D eigenvalue weighted by Crippen LogP contribution is -2.36. The molecule has 21 heavy (non-hydrogen) atoms. The first-order valence-electron chi connectivity index (χ1n) is 7.72. The number of amides is 1. The van der Waals surface area contributed by atoms with Gasteiger partial charge in [0.2, 0.25) is 5.91 Å². The summed E-state index contributed by atoms with van der Waals surface area (Å²) in [7, 11) is 1.65. The topological polar surface area (TPSA) is 55.6 Å². The second kappa shape index (κ2) is 6.94. The maximum atomic E-state index is 11.7. The SMILES string of the molecule is COc1cccc(C(N)=O)c1C1CCN(CC(C)C)CC1. The Morgan fingerprint density at radius 3 is 2.57 bits per heavy atom. The van der Waals surface area contributed by atoms with Crippen molar-refractivity contribution in [1.29, 1.82) is 0 Å². The number of carbonyl (C=O) groups excluding carboxylic acids is 1. The predicted octanol–water partition coefficient (Wildman–Crippen LogP) is 2.63. The van der Waals surface area contributed by atoms with E-state index in [9.17, 15) is 4.79 Å². The summed E-state index contributed by atoms with van der Waals surface area (Å²) in [4.78, 5) is 14.2. The number of benzene rings is 1. The second-order valence-electron chi connectivity index (χ2n) is 6.25. The van der Waals surface area contributed by atoms with Crippen molar-refractivity contribution in [2.75, 3.05) is 26.7 Å². The zero-order valence-electron chi connectivity index (χ0n) is 13.3. The molecule has 1 heterocycles. The number of rotatable bonds is 5. The molecule has 0 aromatic heterocycles. The van der Waals surface area contributed by atoms with E-state index in [1.54, 1.807) is 13.2 Å². The zero-order valence-corrected chi connectivity index (χ0v) is 13.3. The second-order valence-corrected chi connectivity index (χ2v) is 6.25. The number of nitrogens with zero attached hydrogens (tertiary/aromatic N) is 1. The number of methoxy groups -OCH3 is 1. The average molecular weight is 290 g/mol. The third kappa shape index (κ3) is 3.76. The van der Waals surface area contributed by atoms with Crippen LogP contribution in [0.25, 0.3) is 0 Å². The highest BCUT2D eigenvalue weighted by Crippen LogP contribution is 2.36. The summed E-state index contributed by atoms with van der Waals surface area (Å²) in [6, 6.07) is 5.55. The molecule has 1 amide bonds. The minimum Gasteiger partial charge on any atom is -0.496 e. The molecule has 1 aliphatic heterocycles. The molecule has 0 spiro atoms. The van der Waals surface area contributed by atoms with Crippen molar-refractivity contribution in [3.05, 3.63) is 29.3 Å². The van der Waals surface area contributed by atoms with Crippen LogP contribution in [-0.4, -0.2) is 37.6 Å². The molecule has 1 aromatic rings. The lowest BCUT2D eigenvalue weighted by atomic mass is 9.85. The summed E-state index contributed by atoms with van der Waals surface area (Å²) >= 11 is 0. The summed E-state index contributed by atoms with van der Waals surface area (Å²) < 4.78 is 5.46. The van der Waals surface area contributed by atoms with Gasteiger partial charge in [-0.1, -0.05) is 19.9 Å². The molecule has 1 fully saturated rings. The van der Waals surface area contributed by atoms with Crippen LogP contribution in [0.1, 0.15) is 48.5 Å². The number of carbonyl (C=O) groups is 1. The average Bonchev–Trinajstić information content (AvgIpc) is 2.46. The Balaban J connectivity index is 2.18. The third-order valence-electron chi connectivity index (χ3n) is 4.17. The van der Waals surface area contributed by atoms with Gasteiger partial charge in [0, 0.05) is 17.7 Å². The van der Waals surface area contributed by atoms with Gasteiger partial charge in [0.15, 0.2) is 0 Å². The van der Waals surface area contributed by atoms with Crippen molar-refractivity contribution in [2.45, 2.75) is 32.6 Å². The molecule has 0 atom stereocenters. The largest absolute Gasteiger partial charge is 0.496 e. The van der Waals surface area contributed by atoms with Gasteiger partial charge in [-0.2, -0.15) is 0 Å². The molecular weight excluding hydrogens is 264 g/mol. The van der Waals surface area contributed by atoms with E-state index in [-0.39, 0.29) is 5.91 Å². The van der Waals surface area contributed by atoms with Gasteiger partial charge < -0.3 is 15.4 Å². The van der Waals surface area contributed by atoms with Crippen LogP contribution in [0.4, 0.5) is 0 Å². The summed E-state index contributed by atoms with van der Waals surface area (Å²) in [5.74, 6) is 1.46. The minimum absolute atomic E-state index is 0.354. The van der Waals surface area contributed by atoms with E-state index in [1.807, 2.05) is 12.1 Å². The van der Waals surface area contributed by atoms with Crippen LogP contribution in [0.3, 0.4) is 0 Å². The predicted molar refractivity (Wildman–Crippen MR) is 84.8 cm³/mol. The van der Waals surface area contributed by atoms with Crippen molar-refractivity contribution < 1.29 is 9.53 Å². The van der Waals surface area contributed by atoms with Gasteiger partial charge in [-0.05, 0) is 49.9 Å². The van der Waals surface area contributed by atoms with Crippen LogP contribution >= 0.6 is 0 Å². The van der Waals surface area contributed by atoms with Gasteiger partial charge in [0.25, 0.3) is 0 Å². The van der Waals surface area contributed by atoms with Crippen molar-refractivity contribution in [3.8, 4) is 5.75 Å². The van der Waals surface area contributed by atoms with Gasteiger partial charge in [0.1, 0.15) is 5.75 Å². The van der Waals surface area contributed by atoms with Crippen molar-refractivity contribution in [1.82, 2.24) is 4.90 Å². The smallest absolute Gasteiger partial charge is 0.249 e. The van der Waals surface area contributed by atoms with Crippen molar-refractivity contribution in [3.63, 3.8) is 0 Å². The monoisotopic (exact) mass is 290 g/mol. The molecule has 0 radical (unpaired) electrons. The third-order valence-corrected chi connectivity index (χ3v) is 4.17. The highest BCUT2D eigenvalue weighted by Gasteiger charge is 2.26. The summed E-state index contributed by atoms with van der Waals surface area (Å²) in [5.41, 5.74) is 7.14. The molecule has 1 aliphatic rings. The lowest BCUT2D eigenvalue weighted by Gasteiger charge is -2.34. The van der Waals surface area contributed by atoms with E-state index in [2.05, 4.69) is 18.7 Å². The molecule has 0 saturated carbocycles. The minimum atomic E-state index is -0.367. The fourth-order valence-corrected chi connectivity index (χ4v) is 3.28. The molecular formula is C17H26N2O2. The van der Waals surface area contributed by atoms with Crippen molar-refractivity contribution >= 4 is 5.91 Å². The number of hydrogen-bond donors (Lipinski definition) is 1. The number of nitrogens with two attached hydrogens (primary N) is 1. The first-order chi connectivity index (χ1) is 10.0. The van der Waals surface area contributed by atoms with Gasteiger partial charge in [-0.15, -0.1) is 0 Å². The highest BCUT2D eigenvalue weighted by molar-refractivity contribution is 5.95. The van der Waals surface area contributed by atoms with Crippen LogP contribution < -0.4 is 10.5 Å². The van der Waals surface area contributed by atoms with E-state index in [1.165, 1.54) is 0 Å². The normalized spacial score (nSPS) is 17.1. The number of primary amides is 1. The Bertz CT molecular complexity index is 492. The van der Waals surface area contributed by atoms with Gasteiger partial charge in [-0.3, -0.25) is 4.79 Å². The van der Waals surface area contributed by atoms with Crippen LogP contribution in [0.5, 0.6) is 5.75 Å². The molecule has 1 saturated heterocycles. The Labute approximate surface area is 127 Å². The molecule has 1 aromatic carbocycles. The van der Waals surface area contributed by atoms with E-state index in [0.717, 1.165) is 43.8 Å². The number of piperidine rings is 1. The molecule has 2 N–H and O–H groups in total. The first kappa shape index (κ1) is 15.8. The number of ether oxygens (including phenoxy) is 1. The molecule has 116 valence electrons. The molecule has 0 unspecified atom stereocenters. The van der Waals surface area contributed by atoms with Crippen LogP contribution in [0.2, 0.25) is 0 Å². The maximum absolute atomic E-state index is 11.7. The van der Waals surface area contributed by atoms with Crippen LogP contribution in [0, 0.1) is 5.92 Å². The van der Waals surface area contributed by atoms with E-state index in [0.29, 0.717) is 17.4 Å².